The van der Waals surface area contributed by atoms with Crippen LogP contribution in [-0.4, -0.2) is 28.3 Å². The molecule has 10 heavy (non-hydrogen) atoms. The first kappa shape index (κ1) is 7.07. The molecule has 0 bridgehead atoms. The molecular formula is C4H4N3O2S. The molecule has 1 N–H and O–H groups in total. The third-order valence-electron chi connectivity index (χ3n) is 0.688. The first-order valence-corrected chi connectivity index (χ1v) is 3.42. The van der Waals surface area contributed by atoms with Crippen LogP contribution in [0.2, 0.25) is 0 Å². The average molecular weight is 158 g/mol. The summed E-state index contributed by atoms with van der Waals surface area (Å²) in [4.78, 5) is 13.7. The minimum Gasteiger partial charge on any atom is -0.481 e. The fraction of sp³-hybridized carbons (Fsp3) is 0.250. The van der Waals surface area contributed by atoms with Crippen molar-refractivity contribution in [1.82, 2.24) is 5.43 Å². The Morgan fingerprint density at radius 1 is 1.80 bits per heavy atom. The van der Waals surface area contributed by atoms with Crippen molar-refractivity contribution in [2.45, 2.75) is 0 Å². The summed E-state index contributed by atoms with van der Waals surface area (Å²) in [6.07, 6.45) is 1.28. The Kier molecular flexibility index (Phi) is 2.27. The maximum absolute atomic E-state index is 10.00. The van der Waals surface area contributed by atoms with E-state index in [1.54, 1.807) is 0 Å². The van der Waals surface area contributed by atoms with Gasteiger partial charge in [0.1, 0.15) is 6.34 Å². The Morgan fingerprint density at radius 3 is 3.10 bits per heavy atom. The van der Waals surface area contributed by atoms with Crippen LogP contribution in [-0.2, 0) is 4.79 Å². The minimum atomic E-state index is -0.880. The number of aliphatic imine (C=N–C) groups is 1. The molecule has 6 heteroatoms. The van der Waals surface area contributed by atoms with Gasteiger partial charge in [0.05, 0.1) is 5.75 Å². The van der Waals surface area contributed by atoms with E-state index in [0.29, 0.717) is 5.17 Å². The third-order valence-corrected chi connectivity index (χ3v) is 1.52. The van der Waals surface area contributed by atoms with Crippen molar-refractivity contribution in [1.29, 1.82) is 0 Å². The highest BCUT2D eigenvalue weighted by atomic mass is 32.2. The quantitative estimate of drug-likeness (QED) is 0.600. The average Bonchev–Trinajstić information content (AvgIpc) is 2.34. The third kappa shape index (κ3) is 2.06. The van der Waals surface area contributed by atoms with Gasteiger partial charge in [0.25, 0.3) is 0 Å². The number of hydrogen-bond acceptors (Lipinski definition) is 4. The molecule has 53 valence electrons. The molecule has 0 spiro atoms. The van der Waals surface area contributed by atoms with Crippen molar-refractivity contribution in [3.05, 3.63) is 0 Å². The zero-order chi connectivity index (χ0) is 7.40. The maximum atomic E-state index is 10.00. The van der Waals surface area contributed by atoms with Crippen molar-refractivity contribution < 1.29 is 9.90 Å². The summed E-state index contributed by atoms with van der Waals surface area (Å²) in [6, 6.07) is 0. The molecule has 0 fully saturated rings. The van der Waals surface area contributed by atoms with Gasteiger partial charge < -0.3 is 5.11 Å². The molecule has 0 aliphatic carbocycles. The number of amidine groups is 1. The number of carboxylic acid groups (broad SMARTS) is 1. The van der Waals surface area contributed by atoms with Gasteiger partial charge in [-0.2, -0.15) is 0 Å². The van der Waals surface area contributed by atoms with E-state index in [9.17, 15) is 4.79 Å². The zero-order valence-corrected chi connectivity index (χ0v) is 5.71. The number of aliphatic carboxylic acids is 1. The zero-order valence-electron chi connectivity index (χ0n) is 4.89. The van der Waals surface area contributed by atoms with Crippen molar-refractivity contribution >= 4 is 29.2 Å². The number of carboxylic acids is 1. The molecule has 0 saturated heterocycles. The number of thioether (sulfide) groups is 1. The van der Waals surface area contributed by atoms with E-state index in [-0.39, 0.29) is 5.75 Å². The summed E-state index contributed by atoms with van der Waals surface area (Å²) in [7, 11) is 0. The predicted octanol–water partition coefficient (Wildman–Crippen LogP) is -0.278. The van der Waals surface area contributed by atoms with Gasteiger partial charge in [0.2, 0.25) is 5.17 Å². The van der Waals surface area contributed by atoms with E-state index in [1.807, 2.05) is 0 Å². The van der Waals surface area contributed by atoms with Crippen LogP contribution < -0.4 is 5.43 Å². The Labute approximate surface area is 61.2 Å². The Bertz CT molecular complexity index is 201. The van der Waals surface area contributed by atoms with Crippen LogP contribution in [0.4, 0.5) is 0 Å². The number of hydrogen-bond donors (Lipinski definition) is 1. The van der Waals surface area contributed by atoms with E-state index in [2.05, 4.69) is 15.5 Å². The van der Waals surface area contributed by atoms with Crippen LogP contribution in [0.5, 0.6) is 0 Å². The predicted molar refractivity (Wildman–Crippen MR) is 38.2 cm³/mol. The van der Waals surface area contributed by atoms with Crippen LogP contribution in [0.25, 0.3) is 0 Å². The van der Waals surface area contributed by atoms with Crippen LogP contribution in [0.15, 0.2) is 10.1 Å². The smallest absolute Gasteiger partial charge is 0.313 e. The van der Waals surface area contributed by atoms with Crippen molar-refractivity contribution in [2.24, 2.45) is 10.1 Å². The van der Waals surface area contributed by atoms with E-state index in [0.717, 1.165) is 11.8 Å². The standard InChI is InChI=1S/C4H4N3O2S/c8-3(9)1-10-4-5-2-6-7-4/h2H,1H2,(H,8,9). The molecule has 5 nitrogen and oxygen atoms in total. The highest BCUT2D eigenvalue weighted by molar-refractivity contribution is 8.14. The van der Waals surface area contributed by atoms with Gasteiger partial charge >= 0.3 is 5.97 Å². The van der Waals surface area contributed by atoms with Gasteiger partial charge in [-0.15, -0.1) is 10.5 Å². The summed E-state index contributed by atoms with van der Waals surface area (Å²) in [5.41, 5.74) is 3.43. The second-order valence-corrected chi connectivity index (χ2v) is 2.37. The van der Waals surface area contributed by atoms with Gasteiger partial charge in [-0.1, -0.05) is 11.8 Å². The van der Waals surface area contributed by atoms with Crippen molar-refractivity contribution in [3.8, 4) is 0 Å². The second-order valence-electron chi connectivity index (χ2n) is 1.43. The minimum absolute atomic E-state index is 0.0221. The monoisotopic (exact) mass is 158 g/mol. The molecule has 0 unspecified atom stereocenters. The van der Waals surface area contributed by atoms with Crippen LogP contribution in [0.3, 0.4) is 0 Å². The molecular weight excluding hydrogens is 154 g/mol. The van der Waals surface area contributed by atoms with Crippen LogP contribution >= 0.6 is 11.8 Å². The van der Waals surface area contributed by atoms with Gasteiger partial charge in [-0.3, -0.25) is 4.79 Å². The molecule has 1 aliphatic rings. The van der Waals surface area contributed by atoms with Gasteiger partial charge in [0.15, 0.2) is 0 Å². The molecule has 1 heterocycles. The molecule has 1 aliphatic heterocycles. The largest absolute Gasteiger partial charge is 0.481 e. The number of nitrogens with zero attached hydrogens (tertiary/aromatic N) is 3. The first-order valence-electron chi connectivity index (χ1n) is 2.44. The van der Waals surface area contributed by atoms with E-state index in [4.69, 9.17) is 5.11 Å². The first-order chi connectivity index (χ1) is 4.79. The molecule has 1 radical (unpaired) electrons. The lowest BCUT2D eigenvalue weighted by Crippen LogP contribution is -2.00. The lowest BCUT2D eigenvalue weighted by Gasteiger charge is -1.88. The normalized spacial score (nSPS) is 14.6. The van der Waals surface area contributed by atoms with Crippen molar-refractivity contribution in [2.75, 3.05) is 5.75 Å². The SMILES string of the molecule is O=C(O)CSC1=N[N]C=N1. The lowest BCUT2D eigenvalue weighted by molar-refractivity contribution is -0.133. The second kappa shape index (κ2) is 3.21. The fourth-order valence-corrected chi connectivity index (χ4v) is 0.848. The molecule has 0 saturated carbocycles. The molecule has 0 amide bonds. The fourth-order valence-electron chi connectivity index (χ4n) is 0.369. The van der Waals surface area contributed by atoms with Crippen LogP contribution in [0, 0.1) is 0 Å². The molecule has 1 rings (SSSR count). The van der Waals surface area contributed by atoms with E-state index < -0.39 is 5.97 Å². The lowest BCUT2D eigenvalue weighted by atomic mass is 10.8. The Morgan fingerprint density at radius 2 is 2.60 bits per heavy atom. The molecule has 0 aromatic rings. The number of carbonyl (C=O) groups is 1. The summed E-state index contributed by atoms with van der Waals surface area (Å²) >= 11 is 1.05. The highest BCUT2D eigenvalue weighted by Gasteiger charge is 2.05. The Hall–Kier alpha value is -1.04. The summed E-state index contributed by atoms with van der Waals surface area (Å²) in [5, 5.41) is 12.1. The van der Waals surface area contributed by atoms with Gasteiger partial charge in [0, 0.05) is 0 Å². The summed E-state index contributed by atoms with van der Waals surface area (Å²) in [6.45, 7) is 0. The van der Waals surface area contributed by atoms with Crippen LogP contribution in [0.1, 0.15) is 0 Å². The Balaban J connectivity index is 2.26. The summed E-state index contributed by atoms with van der Waals surface area (Å²) < 4.78 is 0. The number of rotatable bonds is 2. The maximum Gasteiger partial charge on any atom is 0.313 e. The molecule has 0 atom stereocenters. The van der Waals surface area contributed by atoms with Gasteiger partial charge in [-0.25, -0.2) is 4.99 Å². The molecule has 0 aromatic carbocycles. The summed E-state index contributed by atoms with van der Waals surface area (Å²) in [5.74, 6) is -0.902. The topological polar surface area (TPSA) is 76.1 Å². The molecule has 0 aromatic heterocycles. The van der Waals surface area contributed by atoms with E-state index >= 15 is 0 Å². The van der Waals surface area contributed by atoms with Gasteiger partial charge in [-0.05, 0) is 0 Å². The highest BCUT2D eigenvalue weighted by Crippen LogP contribution is 2.06. The van der Waals surface area contributed by atoms with Crippen molar-refractivity contribution in [3.63, 3.8) is 0 Å². The van der Waals surface area contributed by atoms with E-state index in [1.165, 1.54) is 6.34 Å².